The van der Waals surface area contributed by atoms with E-state index in [-0.39, 0.29) is 17.8 Å². The van der Waals surface area contributed by atoms with E-state index in [0.717, 1.165) is 18.7 Å². The van der Waals surface area contributed by atoms with Gasteiger partial charge >= 0.3 is 0 Å². The molecule has 1 saturated heterocycles. The summed E-state index contributed by atoms with van der Waals surface area (Å²) in [6, 6.07) is 10.3. The molecule has 1 heterocycles. The van der Waals surface area contributed by atoms with Gasteiger partial charge in [0.05, 0.1) is 5.75 Å². The highest BCUT2D eigenvalue weighted by Crippen LogP contribution is 2.19. The minimum atomic E-state index is -3.21. The van der Waals surface area contributed by atoms with Crippen LogP contribution in [-0.2, 0) is 16.4 Å². The van der Waals surface area contributed by atoms with Gasteiger partial charge < -0.3 is 4.90 Å². The molecular weight excluding hydrogens is 322 g/mol. The molecule has 0 radical (unpaired) electrons. The van der Waals surface area contributed by atoms with Crippen molar-refractivity contribution in [3.8, 4) is 0 Å². The van der Waals surface area contributed by atoms with Crippen molar-refractivity contribution < 1.29 is 8.42 Å². The number of rotatable bonds is 7. The number of benzene rings is 1. The maximum absolute atomic E-state index is 12.7. The molecular formula is C18H31N3O2S. The second kappa shape index (κ2) is 8.43. The van der Waals surface area contributed by atoms with Crippen LogP contribution in [0.15, 0.2) is 30.3 Å². The summed E-state index contributed by atoms with van der Waals surface area (Å²) >= 11 is 0. The molecule has 2 rings (SSSR count). The topological polar surface area (TPSA) is 43.9 Å². The zero-order valence-electron chi connectivity index (χ0n) is 15.4. The Morgan fingerprint density at radius 1 is 1.08 bits per heavy atom. The first kappa shape index (κ1) is 19.4. The van der Waals surface area contributed by atoms with Crippen molar-refractivity contribution in [1.82, 2.24) is 14.1 Å². The van der Waals surface area contributed by atoms with Gasteiger partial charge in [-0.1, -0.05) is 30.3 Å². The number of likely N-dealkylation sites (N-methyl/N-ethyl adjacent to an activating group) is 1. The van der Waals surface area contributed by atoms with Crippen LogP contribution in [0.2, 0.25) is 0 Å². The van der Waals surface area contributed by atoms with Crippen molar-refractivity contribution in [2.24, 2.45) is 0 Å². The number of nitrogens with zero attached hydrogens (tertiary/aromatic N) is 3. The van der Waals surface area contributed by atoms with Gasteiger partial charge in [-0.2, -0.15) is 4.31 Å². The molecule has 1 aromatic carbocycles. The Balaban J connectivity index is 1.94. The smallest absolute Gasteiger partial charge is 0.214 e. The molecule has 1 aliphatic heterocycles. The molecule has 2 unspecified atom stereocenters. The second-order valence-electron chi connectivity index (χ2n) is 7.11. The number of sulfonamides is 1. The lowest BCUT2D eigenvalue weighted by atomic mass is 10.1. The van der Waals surface area contributed by atoms with E-state index in [4.69, 9.17) is 0 Å². The van der Waals surface area contributed by atoms with Gasteiger partial charge in [0.2, 0.25) is 10.0 Å². The minimum absolute atomic E-state index is 0.189. The minimum Gasteiger partial charge on any atom is -0.308 e. The summed E-state index contributed by atoms with van der Waals surface area (Å²) in [5.41, 5.74) is 1.08. The number of piperazine rings is 1. The van der Waals surface area contributed by atoms with Crippen LogP contribution in [0.25, 0.3) is 0 Å². The van der Waals surface area contributed by atoms with Gasteiger partial charge in [0, 0.05) is 38.3 Å². The summed E-state index contributed by atoms with van der Waals surface area (Å²) in [5.74, 6) is 0.189. The van der Waals surface area contributed by atoms with Gasteiger partial charge in [0.1, 0.15) is 0 Å². The van der Waals surface area contributed by atoms with Crippen molar-refractivity contribution in [2.75, 3.05) is 46.0 Å². The first-order valence-electron chi connectivity index (χ1n) is 8.72. The van der Waals surface area contributed by atoms with E-state index in [1.807, 2.05) is 30.3 Å². The van der Waals surface area contributed by atoms with Crippen LogP contribution < -0.4 is 0 Å². The maximum atomic E-state index is 12.7. The van der Waals surface area contributed by atoms with E-state index in [1.54, 1.807) is 4.31 Å². The van der Waals surface area contributed by atoms with E-state index in [0.29, 0.717) is 19.5 Å². The zero-order chi connectivity index (χ0) is 17.7. The Bertz CT molecular complexity index is 592. The van der Waals surface area contributed by atoms with E-state index < -0.39 is 10.0 Å². The normalized spacial score (nSPS) is 23.7. The summed E-state index contributed by atoms with van der Waals surface area (Å²) in [7, 11) is 0.932. The molecule has 1 fully saturated rings. The number of aryl methyl sites for hydroxylation is 1. The fraction of sp³-hybridized carbons (Fsp3) is 0.667. The predicted octanol–water partition coefficient (Wildman–Crippen LogP) is 1.52. The number of hydrogen-bond donors (Lipinski definition) is 0. The SMILES string of the molecule is CC1CN(S(=O)(=O)CCc2ccccc2)CC(C)N1CCN(C)C. The highest BCUT2D eigenvalue weighted by Gasteiger charge is 2.34. The van der Waals surface area contributed by atoms with Gasteiger partial charge in [0.15, 0.2) is 0 Å². The quantitative estimate of drug-likeness (QED) is 0.745. The van der Waals surface area contributed by atoms with Crippen LogP contribution in [0.3, 0.4) is 0 Å². The van der Waals surface area contributed by atoms with Crippen molar-refractivity contribution >= 4 is 10.0 Å². The van der Waals surface area contributed by atoms with Crippen molar-refractivity contribution in [3.05, 3.63) is 35.9 Å². The van der Waals surface area contributed by atoms with Crippen molar-refractivity contribution in [3.63, 3.8) is 0 Å². The third-order valence-electron chi connectivity index (χ3n) is 4.76. The highest BCUT2D eigenvalue weighted by molar-refractivity contribution is 7.89. The summed E-state index contributed by atoms with van der Waals surface area (Å²) in [6.07, 6.45) is 0.576. The molecule has 6 heteroatoms. The Hall–Kier alpha value is -0.950. The molecule has 5 nitrogen and oxygen atoms in total. The Labute approximate surface area is 147 Å². The van der Waals surface area contributed by atoms with Gasteiger partial charge in [-0.15, -0.1) is 0 Å². The molecule has 0 bridgehead atoms. The first-order chi connectivity index (χ1) is 11.3. The van der Waals surface area contributed by atoms with E-state index >= 15 is 0 Å². The molecule has 1 aromatic rings. The Morgan fingerprint density at radius 3 is 2.21 bits per heavy atom. The highest BCUT2D eigenvalue weighted by atomic mass is 32.2. The van der Waals surface area contributed by atoms with E-state index in [9.17, 15) is 8.42 Å². The third-order valence-corrected chi connectivity index (χ3v) is 6.56. The molecule has 2 atom stereocenters. The molecule has 0 aliphatic carbocycles. The van der Waals surface area contributed by atoms with Gasteiger partial charge in [0.25, 0.3) is 0 Å². The van der Waals surface area contributed by atoms with Crippen LogP contribution in [-0.4, -0.2) is 80.6 Å². The standard InChI is InChI=1S/C18H31N3O2S/c1-16-14-20(15-17(2)21(16)12-11-19(3)4)24(22,23)13-10-18-8-6-5-7-9-18/h5-9,16-17H,10-15H2,1-4H3. The zero-order valence-corrected chi connectivity index (χ0v) is 16.2. The Kier molecular flexibility index (Phi) is 6.80. The second-order valence-corrected chi connectivity index (χ2v) is 9.20. The first-order valence-corrected chi connectivity index (χ1v) is 10.3. The summed E-state index contributed by atoms with van der Waals surface area (Å²) in [4.78, 5) is 4.59. The van der Waals surface area contributed by atoms with Crippen molar-refractivity contribution in [2.45, 2.75) is 32.4 Å². The van der Waals surface area contributed by atoms with Gasteiger partial charge in [-0.3, -0.25) is 4.90 Å². The van der Waals surface area contributed by atoms with Crippen LogP contribution in [0.4, 0.5) is 0 Å². The molecule has 0 N–H and O–H groups in total. The fourth-order valence-corrected chi connectivity index (χ4v) is 4.95. The molecule has 24 heavy (non-hydrogen) atoms. The molecule has 0 spiro atoms. The predicted molar refractivity (Wildman–Crippen MR) is 99.7 cm³/mol. The van der Waals surface area contributed by atoms with Crippen LogP contribution in [0.1, 0.15) is 19.4 Å². The van der Waals surface area contributed by atoms with Crippen LogP contribution in [0.5, 0.6) is 0 Å². The van der Waals surface area contributed by atoms with Gasteiger partial charge in [-0.05, 0) is 39.9 Å². The third kappa shape index (κ3) is 5.28. The molecule has 0 saturated carbocycles. The van der Waals surface area contributed by atoms with Crippen LogP contribution >= 0.6 is 0 Å². The summed E-state index contributed by atoms with van der Waals surface area (Å²) < 4.78 is 27.1. The lowest BCUT2D eigenvalue weighted by Crippen LogP contribution is -2.59. The van der Waals surface area contributed by atoms with Gasteiger partial charge in [-0.25, -0.2) is 8.42 Å². The lowest BCUT2D eigenvalue weighted by Gasteiger charge is -2.44. The average Bonchev–Trinajstić information content (AvgIpc) is 2.53. The lowest BCUT2D eigenvalue weighted by molar-refractivity contribution is 0.0708. The van der Waals surface area contributed by atoms with E-state index in [2.05, 4.69) is 37.7 Å². The molecule has 136 valence electrons. The molecule has 0 aromatic heterocycles. The molecule has 1 aliphatic rings. The Morgan fingerprint density at radius 2 is 1.67 bits per heavy atom. The van der Waals surface area contributed by atoms with Crippen LogP contribution in [0, 0.1) is 0 Å². The number of hydrogen-bond acceptors (Lipinski definition) is 4. The van der Waals surface area contributed by atoms with E-state index in [1.165, 1.54) is 0 Å². The van der Waals surface area contributed by atoms with Crippen molar-refractivity contribution in [1.29, 1.82) is 0 Å². The summed E-state index contributed by atoms with van der Waals surface area (Å²) in [6.45, 7) is 7.42. The molecule has 0 amide bonds. The fourth-order valence-electron chi connectivity index (χ4n) is 3.31. The summed E-state index contributed by atoms with van der Waals surface area (Å²) in [5, 5.41) is 0. The average molecular weight is 354 g/mol. The largest absolute Gasteiger partial charge is 0.308 e. The maximum Gasteiger partial charge on any atom is 0.214 e. The monoisotopic (exact) mass is 353 g/mol.